The Bertz CT molecular complexity index is 947. The number of nitrogens with zero attached hydrogens (tertiary/aromatic N) is 3. The van der Waals surface area contributed by atoms with Gasteiger partial charge in [0.2, 0.25) is 0 Å². The van der Waals surface area contributed by atoms with Crippen LogP contribution in [0.15, 0.2) is 36.0 Å². The highest BCUT2D eigenvalue weighted by Gasteiger charge is 2.38. The monoisotopic (exact) mass is 445 g/mol. The summed E-state index contributed by atoms with van der Waals surface area (Å²) in [5.41, 5.74) is 7.59. The first-order chi connectivity index (χ1) is 14.9. The Morgan fingerprint density at radius 3 is 2.61 bits per heavy atom. The number of hydrogen-bond donors (Lipinski definition) is 3. The van der Waals surface area contributed by atoms with Crippen molar-refractivity contribution in [3.05, 3.63) is 46.4 Å². The second-order valence-electron chi connectivity index (χ2n) is 6.95. The lowest BCUT2D eigenvalue weighted by atomic mass is 10.1. The number of nitrogens with two attached hydrogens (primary N) is 1. The molecule has 2 aromatic rings. The van der Waals surface area contributed by atoms with Gasteiger partial charge in [-0.15, -0.1) is 11.3 Å². The number of nitrogen functional groups attached to an aromatic ring is 1. The minimum absolute atomic E-state index is 0.0187. The third-order valence-corrected chi connectivity index (χ3v) is 5.75. The Balaban J connectivity index is 1.51. The summed E-state index contributed by atoms with van der Waals surface area (Å²) in [5.74, 6) is -1.79. The molecule has 2 heterocycles. The number of aliphatic carboxylic acids is 1. The van der Waals surface area contributed by atoms with Crippen LogP contribution in [0.5, 0.6) is 5.75 Å². The highest BCUT2D eigenvalue weighted by molar-refractivity contribution is 7.09. The van der Waals surface area contributed by atoms with Gasteiger partial charge in [0.15, 0.2) is 0 Å². The fraction of sp³-hybridized carbons (Fsp3) is 0.350. The van der Waals surface area contributed by atoms with E-state index in [1.165, 1.54) is 27.3 Å². The molecular formula is C20H23N5O5S. The van der Waals surface area contributed by atoms with Crippen LogP contribution in [-0.4, -0.2) is 69.8 Å². The third kappa shape index (κ3) is 5.57. The lowest BCUT2D eigenvalue weighted by Gasteiger charge is -2.37. The molecule has 0 bridgehead atoms. The number of thiazole rings is 1. The number of benzene rings is 1. The van der Waals surface area contributed by atoms with Crippen LogP contribution in [0.1, 0.15) is 29.3 Å². The van der Waals surface area contributed by atoms with Crippen molar-refractivity contribution in [3.8, 4) is 5.75 Å². The normalized spacial score (nSPS) is 15.1. The zero-order valence-corrected chi connectivity index (χ0v) is 17.5. The number of aromatic nitrogens is 1. The van der Waals surface area contributed by atoms with Crippen LogP contribution in [0, 0.1) is 5.41 Å². The predicted molar refractivity (Wildman–Crippen MR) is 113 cm³/mol. The van der Waals surface area contributed by atoms with Crippen molar-refractivity contribution >= 4 is 35.0 Å². The summed E-state index contributed by atoms with van der Waals surface area (Å²) in [6.45, 7) is 1.29. The zero-order valence-electron chi connectivity index (χ0n) is 16.7. The van der Waals surface area contributed by atoms with Crippen molar-refractivity contribution in [2.45, 2.75) is 18.9 Å². The Morgan fingerprint density at radius 2 is 2.00 bits per heavy atom. The molecule has 1 aliphatic rings. The van der Waals surface area contributed by atoms with E-state index in [2.05, 4.69) is 4.98 Å². The highest BCUT2D eigenvalue weighted by Crippen LogP contribution is 2.29. The first kappa shape index (κ1) is 22.2. The molecule has 2 amide bonds. The molecule has 11 heteroatoms. The van der Waals surface area contributed by atoms with E-state index in [-0.39, 0.29) is 18.8 Å². The van der Waals surface area contributed by atoms with Crippen LogP contribution < -0.4 is 10.5 Å². The maximum atomic E-state index is 12.7. The standard InChI is InChI=1S/C20H23N5O5S/c21-18(22)13-2-4-14(5-3-13)30-9-1-6-24-7-8-25(20(29)19(24)28)15(10-17(26)27)16-11-23-12-31-16/h2-5,11-12,15H,1,6-10H2,(H3,21,22)(H,26,27). The number of amidine groups is 1. The van der Waals surface area contributed by atoms with Crippen LogP contribution >= 0.6 is 11.3 Å². The Labute approximate surface area is 182 Å². The van der Waals surface area contributed by atoms with Gasteiger partial charge in [-0.2, -0.15) is 0 Å². The van der Waals surface area contributed by atoms with E-state index < -0.39 is 23.8 Å². The molecule has 0 spiro atoms. The number of carboxylic acid groups (broad SMARTS) is 1. The van der Waals surface area contributed by atoms with Gasteiger partial charge in [0.25, 0.3) is 0 Å². The van der Waals surface area contributed by atoms with Gasteiger partial charge in [-0.25, -0.2) is 0 Å². The van der Waals surface area contributed by atoms with Crippen molar-refractivity contribution in [2.24, 2.45) is 5.73 Å². The number of piperazine rings is 1. The van der Waals surface area contributed by atoms with Crippen molar-refractivity contribution in [3.63, 3.8) is 0 Å². The minimum Gasteiger partial charge on any atom is -0.494 e. The number of carbonyl (C=O) groups excluding carboxylic acids is 2. The summed E-state index contributed by atoms with van der Waals surface area (Å²) in [5, 5.41) is 16.6. The maximum Gasteiger partial charge on any atom is 0.312 e. The Hall–Kier alpha value is -3.47. The number of amides is 2. The lowest BCUT2D eigenvalue weighted by molar-refractivity contribution is -0.159. The van der Waals surface area contributed by atoms with E-state index in [0.717, 1.165) is 0 Å². The van der Waals surface area contributed by atoms with E-state index in [0.29, 0.717) is 42.3 Å². The van der Waals surface area contributed by atoms with Gasteiger partial charge >= 0.3 is 17.8 Å². The molecule has 0 radical (unpaired) electrons. The summed E-state index contributed by atoms with van der Waals surface area (Å²) in [4.78, 5) is 43.9. The number of rotatable bonds is 10. The predicted octanol–water partition coefficient (Wildman–Crippen LogP) is 1.08. The second kappa shape index (κ2) is 10.0. The zero-order chi connectivity index (χ0) is 22.4. The van der Waals surface area contributed by atoms with Gasteiger partial charge in [-0.05, 0) is 30.7 Å². The number of nitrogens with one attached hydrogen (secondary N) is 1. The average molecular weight is 446 g/mol. The van der Waals surface area contributed by atoms with Crippen molar-refractivity contribution in [1.29, 1.82) is 5.41 Å². The van der Waals surface area contributed by atoms with E-state index in [4.69, 9.17) is 15.9 Å². The number of carboxylic acids is 1. The van der Waals surface area contributed by atoms with Crippen molar-refractivity contribution in [1.82, 2.24) is 14.8 Å². The molecule has 31 heavy (non-hydrogen) atoms. The molecule has 1 saturated heterocycles. The first-order valence-corrected chi connectivity index (χ1v) is 10.5. The maximum absolute atomic E-state index is 12.7. The van der Waals surface area contributed by atoms with E-state index >= 15 is 0 Å². The van der Waals surface area contributed by atoms with Crippen LogP contribution in [0.3, 0.4) is 0 Å². The second-order valence-corrected chi connectivity index (χ2v) is 7.87. The summed E-state index contributed by atoms with van der Waals surface area (Å²) in [7, 11) is 0. The fourth-order valence-electron chi connectivity index (χ4n) is 3.30. The summed E-state index contributed by atoms with van der Waals surface area (Å²) < 4.78 is 5.63. The average Bonchev–Trinajstić information content (AvgIpc) is 3.27. The SMILES string of the molecule is N=C(N)c1ccc(OCCCN2CCN(C(CC(=O)O)c3cncs3)C(=O)C2=O)cc1. The van der Waals surface area contributed by atoms with Gasteiger partial charge in [0, 0.05) is 36.3 Å². The van der Waals surface area contributed by atoms with Crippen LogP contribution in [0.25, 0.3) is 0 Å². The molecule has 1 aromatic carbocycles. The summed E-state index contributed by atoms with van der Waals surface area (Å²) in [6.07, 6.45) is 1.78. The molecule has 1 unspecified atom stereocenters. The first-order valence-electron chi connectivity index (χ1n) is 9.64. The molecule has 0 aliphatic carbocycles. The van der Waals surface area contributed by atoms with Gasteiger partial charge in [-0.3, -0.25) is 24.8 Å². The van der Waals surface area contributed by atoms with E-state index in [1.54, 1.807) is 29.8 Å². The smallest absolute Gasteiger partial charge is 0.312 e. The Kier molecular flexibility index (Phi) is 7.19. The molecule has 3 rings (SSSR count). The molecule has 1 atom stereocenters. The van der Waals surface area contributed by atoms with Gasteiger partial charge in [-0.1, -0.05) is 0 Å². The molecule has 1 aliphatic heterocycles. The van der Waals surface area contributed by atoms with Gasteiger partial charge in [0.1, 0.15) is 11.6 Å². The molecule has 1 aromatic heterocycles. The van der Waals surface area contributed by atoms with Crippen molar-refractivity contribution < 1.29 is 24.2 Å². The van der Waals surface area contributed by atoms with Gasteiger partial charge < -0.3 is 25.4 Å². The minimum atomic E-state index is -1.05. The molecule has 164 valence electrons. The molecule has 10 nitrogen and oxygen atoms in total. The topological polar surface area (TPSA) is 150 Å². The fourth-order valence-corrected chi connectivity index (χ4v) is 4.03. The molecular weight excluding hydrogens is 422 g/mol. The van der Waals surface area contributed by atoms with Gasteiger partial charge in [0.05, 0.1) is 24.6 Å². The summed E-state index contributed by atoms with van der Waals surface area (Å²) >= 11 is 1.26. The van der Waals surface area contributed by atoms with E-state index in [9.17, 15) is 19.5 Å². The van der Waals surface area contributed by atoms with Crippen LogP contribution in [-0.2, 0) is 14.4 Å². The highest BCUT2D eigenvalue weighted by atomic mass is 32.1. The molecule has 1 fully saturated rings. The van der Waals surface area contributed by atoms with E-state index in [1.807, 2.05) is 0 Å². The molecule has 0 saturated carbocycles. The quantitative estimate of drug-likeness (QED) is 0.214. The Morgan fingerprint density at radius 1 is 1.26 bits per heavy atom. The largest absolute Gasteiger partial charge is 0.494 e. The number of carbonyl (C=O) groups is 3. The van der Waals surface area contributed by atoms with Crippen LogP contribution in [0.4, 0.5) is 0 Å². The third-order valence-electron chi connectivity index (χ3n) is 4.87. The number of hydrogen-bond acceptors (Lipinski definition) is 7. The van der Waals surface area contributed by atoms with Crippen LogP contribution in [0.2, 0.25) is 0 Å². The molecule has 4 N–H and O–H groups in total. The number of ether oxygens (including phenoxy) is 1. The summed E-state index contributed by atoms with van der Waals surface area (Å²) in [6, 6.07) is 6.11. The van der Waals surface area contributed by atoms with Crippen molar-refractivity contribution in [2.75, 3.05) is 26.2 Å². The lowest BCUT2D eigenvalue weighted by Crippen LogP contribution is -2.55.